The molecule has 0 spiro atoms. The zero-order chi connectivity index (χ0) is 29.6. The molecule has 1 atom stereocenters. The number of aromatic nitrogens is 1. The monoisotopic (exact) mass is 584 g/mol. The number of thiocarbonyl (C=S) groups is 1. The second-order valence-electron chi connectivity index (χ2n) is 11.1. The fraction of sp³-hybridized carbons (Fsp3) is 0.467. The van der Waals surface area contributed by atoms with E-state index in [1.807, 2.05) is 20.8 Å². The van der Waals surface area contributed by atoms with Gasteiger partial charge in [0.25, 0.3) is 5.91 Å². The number of carbonyl (C=O) groups excluding carboxylic acids is 2. The first-order valence-electron chi connectivity index (χ1n) is 13.8. The largest absolute Gasteiger partial charge is 0.492 e. The van der Waals surface area contributed by atoms with E-state index < -0.39 is 5.60 Å². The first-order chi connectivity index (χ1) is 19.5. The second-order valence-corrected chi connectivity index (χ2v) is 11.5. The summed E-state index contributed by atoms with van der Waals surface area (Å²) in [4.78, 5) is 31.7. The number of rotatable bonds is 8. The van der Waals surface area contributed by atoms with E-state index in [4.69, 9.17) is 26.4 Å². The van der Waals surface area contributed by atoms with Gasteiger partial charge in [0.05, 0.1) is 12.2 Å². The van der Waals surface area contributed by atoms with Gasteiger partial charge in [-0.15, -0.1) is 0 Å². The maximum absolute atomic E-state index is 14.0. The summed E-state index contributed by atoms with van der Waals surface area (Å²) in [6.45, 7) is 8.62. The summed E-state index contributed by atoms with van der Waals surface area (Å²) in [6.07, 6.45) is 6.09. The van der Waals surface area contributed by atoms with Crippen molar-refractivity contribution in [2.24, 2.45) is 0 Å². The predicted octanol–water partition coefficient (Wildman–Crippen LogP) is 5.43. The number of nitrogens with zero attached hydrogens (tertiary/aromatic N) is 2. The van der Waals surface area contributed by atoms with Crippen LogP contribution in [0, 0.1) is 12.7 Å². The van der Waals surface area contributed by atoms with Gasteiger partial charge in [-0.05, 0) is 65.2 Å². The Hall–Kier alpha value is -3.73. The van der Waals surface area contributed by atoms with Gasteiger partial charge in [-0.25, -0.2) is 9.18 Å². The lowest BCUT2D eigenvalue weighted by molar-refractivity contribution is -0.117. The van der Waals surface area contributed by atoms with Crippen LogP contribution in [-0.2, 0) is 20.9 Å². The molecule has 0 radical (unpaired) electrons. The molecule has 11 heteroatoms. The Balaban J connectivity index is 1.45. The molecule has 3 heterocycles. The number of hydrogen-bond donors (Lipinski definition) is 2. The lowest BCUT2D eigenvalue weighted by Crippen LogP contribution is -2.48. The Morgan fingerprint density at radius 3 is 2.83 bits per heavy atom. The smallest absolute Gasteiger partial charge is 0.410 e. The normalized spacial score (nSPS) is 17.5. The van der Waals surface area contributed by atoms with Crippen LogP contribution >= 0.6 is 12.2 Å². The Kier molecular flexibility index (Phi) is 9.80. The lowest BCUT2D eigenvalue weighted by Gasteiger charge is -2.36. The van der Waals surface area contributed by atoms with Crippen LogP contribution in [-0.4, -0.2) is 58.2 Å². The minimum Gasteiger partial charge on any atom is -0.492 e. The molecule has 1 aromatic heterocycles. The summed E-state index contributed by atoms with van der Waals surface area (Å²) in [7, 11) is 0. The Labute approximate surface area is 245 Å². The van der Waals surface area contributed by atoms with Gasteiger partial charge in [0, 0.05) is 42.5 Å². The number of amides is 2. The number of nitrogens with one attached hydrogen (secondary N) is 2. The minimum absolute atomic E-state index is 0.117. The first-order valence-corrected chi connectivity index (χ1v) is 14.2. The van der Waals surface area contributed by atoms with Crippen LogP contribution in [0.3, 0.4) is 0 Å². The maximum Gasteiger partial charge on any atom is 0.410 e. The fourth-order valence-corrected chi connectivity index (χ4v) is 4.99. The van der Waals surface area contributed by atoms with E-state index in [1.165, 1.54) is 6.07 Å². The highest BCUT2D eigenvalue weighted by atomic mass is 32.1. The molecule has 0 saturated carbocycles. The third-order valence-electron chi connectivity index (χ3n) is 6.84. The Bertz CT molecular complexity index is 1330. The van der Waals surface area contributed by atoms with E-state index in [1.54, 1.807) is 42.4 Å². The van der Waals surface area contributed by atoms with Gasteiger partial charge in [0.2, 0.25) is 0 Å². The minimum atomic E-state index is -0.578. The van der Waals surface area contributed by atoms with Crippen LogP contribution in [0.2, 0.25) is 0 Å². The summed E-state index contributed by atoms with van der Waals surface area (Å²) in [5.74, 6) is 0.236. The molecule has 4 rings (SSSR count). The number of ether oxygens (including phenoxy) is 3. The highest BCUT2D eigenvalue weighted by molar-refractivity contribution is 7.81. The first kappa shape index (κ1) is 30.2. The lowest BCUT2D eigenvalue weighted by atomic mass is 10.0. The number of likely N-dealkylation sites (tertiary alicyclic amines) is 1. The van der Waals surface area contributed by atoms with Crippen molar-refractivity contribution in [1.82, 2.24) is 15.2 Å². The number of anilines is 1. The molecule has 2 aliphatic heterocycles. The van der Waals surface area contributed by atoms with Crippen LogP contribution in [0.5, 0.6) is 5.75 Å². The van der Waals surface area contributed by atoms with Gasteiger partial charge in [-0.2, -0.15) is 0 Å². The molecule has 2 N–H and O–H groups in total. The molecule has 0 bridgehead atoms. The molecule has 1 fully saturated rings. The molecule has 0 unspecified atom stereocenters. The van der Waals surface area contributed by atoms with Crippen LogP contribution in [0.4, 0.5) is 14.9 Å². The Morgan fingerprint density at radius 1 is 1.24 bits per heavy atom. The average molecular weight is 585 g/mol. The zero-order valence-corrected chi connectivity index (χ0v) is 24.7. The third-order valence-corrected chi connectivity index (χ3v) is 7.15. The van der Waals surface area contributed by atoms with E-state index >= 15 is 0 Å². The SMILES string of the molecule is Cc1c(F)cccc1NC(=S)C1=C(OCc2ccncc2OC[C@H]2CCCCN2C(=O)OC(C)(C)C)CCNC1=O. The summed E-state index contributed by atoms with van der Waals surface area (Å²) in [5.41, 5.74) is 1.24. The van der Waals surface area contributed by atoms with Crippen molar-refractivity contribution in [1.29, 1.82) is 0 Å². The fourth-order valence-electron chi connectivity index (χ4n) is 4.67. The number of hydrogen-bond acceptors (Lipinski definition) is 7. The zero-order valence-electron chi connectivity index (χ0n) is 23.9. The van der Waals surface area contributed by atoms with Crippen molar-refractivity contribution in [3.05, 3.63) is 64.9 Å². The van der Waals surface area contributed by atoms with Crippen molar-refractivity contribution in [3.8, 4) is 5.75 Å². The van der Waals surface area contributed by atoms with Gasteiger partial charge in [0.1, 0.15) is 46.7 Å². The number of halogens is 1. The molecule has 220 valence electrons. The topological polar surface area (TPSA) is 102 Å². The van der Waals surface area contributed by atoms with E-state index in [2.05, 4.69) is 15.6 Å². The molecule has 9 nitrogen and oxygen atoms in total. The van der Waals surface area contributed by atoms with Crippen LogP contribution in [0.1, 0.15) is 57.6 Å². The molecule has 2 aliphatic rings. The van der Waals surface area contributed by atoms with Gasteiger partial charge in [0.15, 0.2) is 0 Å². The van der Waals surface area contributed by atoms with Gasteiger partial charge in [-0.3, -0.25) is 9.78 Å². The van der Waals surface area contributed by atoms with Crippen molar-refractivity contribution in [3.63, 3.8) is 0 Å². The highest BCUT2D eigenvalue weighted by Gasteiger charge is 2.31. The number of pyridine rings is 1. The second kappa shape index (κ2) is 13.3. The standard InChI is InChI=1S/C30H37FN4O5S/c1-19-22(31)9-7-10-23(19)34-28(41)26-24(12-14-33-27(26)36)38-17-20-11-13-32-16-25(20)39-18-21-8-5-6-15-35(21)29(37)40-30(2,3)4/h7,9-11,13,16,21H,5-6,8,12,14-15,17-18H2,1-4H3,(H,33,36)(H,34,41)/t21-/m1/s1. The van der Waals surface area contributed by atoms with Crippen LogP contribution in [0.15, 0.2) is 48.0 Å². The average Bonchev–Trinajstić information content (AvgIpc) is 2.93. The Morgan fingerprint density at radius 2 is 2.05 bits per heavy atom. The molecule has 1 aromatic carbocycles. The van der Waals surface area contributed by atoms with Crippen molar-refractivity contribution < 1.29 is 28.2 Å². The molecule has 1 saturated heterocycles. The summed E-state index contributed by atoms with van der Waals surface area (Å²) in [5, 5.41) is 5.78. The number of piperidine rings is 1. The van der Waals surface area contributed by atoms with Crippen LogP contribution < -0.4 is 15.4 Å². The predicted molar refractivity (Wildman–Crippen MR) is 157 cm³/mol. The van der Waals surface area contributed by atoms with Crippen LogP contribution in [0.25, 0.3) is 0 Å². The number of benzene rings is 1. The highest BCUT2D eigenvalue weighted by Crippen LogP contribution is 2.26. The quantitative estimate of drug-likeness (QED) is 0.397. The van der Waals surface area contributed by atoms with E-state index in [-0.39, 0.29) is 47.6 Å². The summed E-state index contributed by atoms with van der Waals surface area (Å²) < 4.78 is 31.9. The summed E-state index contributed by atoms with van der Waals surface area (Å²) in [6, 6.07) is 6.30. The van der Waals surface area contributed by atoms with E-state index in [9.17, 15) is 14.0 Å². The molecular formula is C30H37FN4O5S. The van der Waals surface area contributed by atoms with Crippen molar-refractivity contribution in [2.45, 2.75) is 71.6 Å². The summed E-state index contributed by atoms with van der Waals surface area (Å²) >= 11 is 5.54. The van der Waals surface area contributed by atoms with E-state index in [0.717, 1.165) is 24.8 Å². The molecule has 2 amide bonds. The molecule has 0 aliphatic carbocycles. The number of carbonyl (C=O) groups is 2. The molecular weight excluding hydrogens is 547 g/mol. The molecule has 2 aromatic rings. The van der Waals surface area contributed by atoms with Gasteiger partial charge < -0.3 is 29.7 Å². The maximum atomic E-state index is 14.0. The van der Waals surface area contributed by atoms with Crippen molar-refractivity contribution in [2.75, 3.05) is 25.0 Å². The van der Waals surface area contributed by atoms with Gasteiger partial charge in [-0.1, -0.05) is 18.3 Å². The van der Waals surface area contributed by atoms with Gasteiger partial charge >= 0.3 is 6.09 Å². The van der Waals surface area contributed by atoms with Crippen molar-refractivity contribution >= 4 is 34.9 Å². The van der Waals surface area contributed by atoms with E-state index in [0.29, 0.717) is 42.3 Å². The molecule has 41 heavy (non-hydrogen) atoms. The third kappa shape index (κ3) is 7.93.